The highest BCUT2D eigenvalue weighted by Crippen LogP contribution is 2.16. The molecule has 6 heteroatoms. The lowest BCUT2D eigenvalue weighted by Gasteiger charge is -2.18. The molecule has 0 heterocycles. The van der Waals surface area contributed by atoms with Gasteiger partial charge in [-0.15, -0.1) is 0 Å². The van der Waals surface area contributed by atoms with Gasteiger partial charge in [0, 0.05) is 19.3 Å². The van der Waals surface area contributed by atoms with Gasteiger partial charge in [0.05, 0.1) is 0 Å². The van der Waals surface area contributed by atoms with Crippen LogP contribution in [0.25, 0.3) is 0 Å². The standard InChI is InChI=1S/C58H108O6/c1-4-7-10-13-16-19-22-24-25-26-27-28-29-30-31-32-33-34-37-39-42-45-48-51-57(60)63-54-55(53-62-56(59)50-47-44-41-38-35-21-18-15-12-9-6-3)64-58(61)52-49-46-43-40-36-23-20-17-14-11-8-5-2/h17,20,26-27,55H,4-16,18-19,21-25,28-54H2,1-3H3/b20-17-,27-26-. The first-order valence-corrected chi connectivity index (χ1v) is 28.3. The van der Waals surface area contributed by atoms with E-state index >= 15 is 0 Å². The van der Waals surface area contributed by atoms with Crippen molar-refractivity contribution in [3.63, 3.8) is 0 Å². The Kier molecular flexibility index (Phi) is 51.7. The molecule has 0 aliphatic heterocycles. The Labute approximate surface area is 398 Å². The molecule has 0 amide bonds. The number of rotatable bonds is 52. The van der Waals surface area contributed by atoms with E-state index in [2.05, 4.69) is 45.1 Å². The average molecular weight is 901 g/mol. The summed E-state index contributed by atoms with van der Waals surface area (Å²) >= 11 is 0. The Morgan fingerprint density at radius 3 is 0.812 bits per heavy atom. The van der Waals surface area contributed by atoms with Gasteiger partial charge in [-0.1, -0.05) is 244 Å². The van der Waals surface area contributed by atoms with Gasteiger partial charge in [0.25, 0.3) is 0 Å². The number of carbonyl (C=O) groups is 3. The van der Waals surface area contributed by atoms with Gasteiger partial charge in [-0.25, -0.2) is 0 Å². The molecule has 6 nitrogen and oxygen atoms in total. The van der Waals surface area contributed by atoms with E-state index in [1.165, 1.54) is 205 Å². The zero-order chi connectivity index (χ0) is 46.5. The van der Waals surface area contributed by atoms with Crippen molar-refractivity contribution in [2.45, 2.75) is 316 Å². The summed E-state index contributed by atoms with van der Waals surface area (Å²) in [5.74, 6) is -0.866. The van der Waals surface area contributed by atoms with Crippen molar-refractivity contribution in [1.29, 1.82) is 0 Å². The fourth-order valence-electron chi connectivity index (χ4n) is 8.37. The third-order valence-corrected chi connectivity index (χ3v) is 12.7. The summed E-state index contributed by atoms with van der Waals surface area (Å²) in [7, 11) is 0. The normalized spacial score (nSPS) is 12.1. The van der Waals surface area contributed by atoms with Gasteiger partial charge in [-0.05, 0) is 70.6 Å². The van der Waals surface area contributed by atoms with Crippen LogP contribution in [0.5, 0.6) is 0 Å². The zero-order valence-corrected chi connectivity index (χ0v) is 43.1. The van der Waals surface area contributed by atoms with Crippen LogP contribution in [-0.4, -0.2) is 37.2 Å². The van der Waals surface area contributed by atoms with Gasteiger partial charge >= 0.3 is 17.9 Å². The molecule has 0 aliphatic rings. The number of allylic oxidation sites excluding steroid dienone is 4. The minimum absolute atomic E-state index is 0.0708. The fraction of sp³-hybridized carbons (Fsp3) is 0.879. The first-order chi connectivity index (χ1) is 31.5. The molecule has 0 spiro atoms. The molecule has 0 saturated heterocycles. The van der Waals surface area contributed by atoms with Crippen LogP contribution in [0.15, 0.2) is 24.3 Å². The maximum absolute atomic E-state index is 12.8. The lowest BCUT2D eigenvalue weighted by Crippen LogP contribution is -2.30. The Morgan fingerprint density at radius 1 is 0.297 bits per heavy atom. The second-order valence-electron chi connectivity index (χ2n) is 19.2. The molecular formula is C58H108O6. The summed E-state index contributed by atoms with van der Waals surface area (Å²) in [5.41, 5.74) is 0. The van der Waals surface area contributed by atoms with Crippen LogP contribution in [-0.2, 0) is 28.6 Å². The maximum atomic E-state index is 12.8. The van der Waals surface area contributed by atoms with Gasteiger partial charge < -0.3 is 14.2 Å². The quantitative estimate of drug-likeness (QED) is 0.0262. The van der Waals surface area contributed by atoms with E-state index in [0.717, 1.165) is 64.2 Å². The molecule has 0 aromatic carbocycles. The predicted octanol–water partition coefficient (Wildman–Crippen LogP) is 18.7. The predicted molar refractivity (Wildman–Crippen MR) is 275 cm³/mol. The second kappa shape index (κ2) is 53.5. The Morgan fingerprint density at radius 2 is 0.516 bits per heavy atom. The first-order valence-electron chi connectivity index (χ1n) is 28.3. The number of esters is 3. The third-order valence-electron chi connectivity index (χ3n) is 12.7. The van der Waals surface area contributed by atoms with Crippen LogP contribution >= 0.6 is 0 Å². The molecule has 1 unspecified atom stereocenters. The summed E-state index contributed by atoms with van der Waals surface area (Å²) in [6.45, 7) is 6.63. The molecule has 0 aromatic heterocycles. The highest BCUT2D eigenvalue weighted by Gasteiger charge is 2.19. The van der Waals surface area contributed by atoms with Crippen molar-refractivity contribution in [1.82, 2.24) is 0 Å². The molecule has 0 N–H and O–H groups in total. The minimum atomic E-state index is -0.770. The van der Waals surface area contributed by atoms with E-state index in [0.29, 0.717) is 19.3 Å². The largest absolute Gasteiger partial charge is 0.462 e. The molecule has 64 heavy (non-hydrogen) atoms. The molecule has 0 fully saturated rings. The van der Waals surface area contributed by atoms with Crippen molar-refractivity contribution >= 4 is 17.9 Å². The van der Waals surface area contributed by atoms with Crippen LogP contribution in [0.1, 0.15) is 310 Å². The molecule has 376 valence electrons. The molecule has 0 aromatic rings. The van der Waals surface area contributed by atoms with Crippen molar-refractivity contribution in [2.75, 3.05) is 13.2 Å². The second-order valence-corrected chi connectivity index (χ2v) is 19.2. The van der Waals surface area contributed by atoms with E-state index in [-0.39, 0.29) is 31.1 Å². The van der Waals surface area contributed by atoms with Crippen molar-refractivity contribution in [2.24, 2.45) is 0 Å². The Balaban J connectivity index is 4.20. The van der Waals surface area contributed by atoms with Gasteiger partial charge in [-0.3, -0.25) is 14.4 Å². The maximum Gasteiger partial charge on any atom is 0.306 e. The summed E-state index contributed by atoms with van der Waals surface area (Å²) in [6.07, 6.45) is 61.8. The molecule has 0 aliphatic carbocycles. The van der Waals surface area contributed by atoms with Crippen molar-refractivity contribution in [3.8, 4) is 0 Å². The van der Waals surface area contributed by atoms with E-state index in [1.807, 2.05) is 0 Å². The monoisotopic (exact) mass is 901 g/mol. The average Bonchev–Trinajstić information content (AvgIpc) is 3.29. The molecule has 1 atom stereocenters. The van der Waals surface area contributed by atoms with Crippen LogP contribution in [0.3, 0.4) is 0 Å². The summed E-state index contributed by atoms with van der Waals surface area (Å²) in [4.78, 5) is 38.0. The molecule has 0 rings (SSSR count). The summed E-state index contributed by atoms with van der Waals surface area (Å²) < 4.78 is 16.8. The van der Waals surface area contributed by atoms with E-state index in [1.54, 1.807) is 0 Å². The van der Waals surface area contributed by atoms with E-state index < -0.39 is 6.10 Å². The molecule has 0 bridgehead atoms. The lowest BCUT2D eigenvalue weighted by atomic mass is 10.0. The highest BCUT2D eigenvalue weighted by atomic mass is 16.6. The minimum Gasteiger partial charge on any atom is -0.462 e. The van der Waals surface area contributed by atoms with Crippen LogP contribution in [0.2, 0.25) is 0 Å². The Hall–Kier alpha value is -2.11. The van der Waals surface area contributed by atoms with Crippen molar-refractivity contribution < 1.29 is 28.6 Å². The van der Waals surface area contributed by atoms with Gasteiger partial charge in [0.2, 0.25) is 0 Å². The topological polar surface area (TPSA) is 78.9 Å². The number of carbonyl (C=O) groups excluding carboxylic acids is 3. The molecular weight excluding hydrogens is 793 g/mol. The van der Waals surface area contributed by atoms with Crippen LogP contribution in [0, 0.1) is 0 Å². The SMILES string of the molecule is CCCCC/C=C\CCCCCCCC(=O)OC(COC(=O)CCCCCCCCCCCCC)COC(=O)CCCCCCCCCCCCC/C=C\CCCCCCCCCC. The van der Waals surface area contributed by atoms with Crippen molar-refractivity contribution in [3.05, 3.63) is 24.3 Å². The van der Waals surface area contributed by atoms with Gasteiger partial charge in [0.1, 0.15) is 13.2 Å². The molecule has 0 radical (unpaired) electrons. The number of ether oxygens (including phenoxy) is 3. The highest BCUT2D eigenvalue weighted by molar-refractivity contribution is 5.71. The smallest absolute Gasteiger partial charge is 0.306 e. The van der Waals surface area contributed by atoms with Crippen LogP contribution < -0.4 is 0 Å². The number of hydrogen-bond donors (Lipinski definition) is 0. The Bertz CT molecular complexity index is 1040. The summed E-state index contributed by atoms with van der Waals surface area (Å²) in [5, 5.41) is 0. The van der Waals surface area contributed by atoms with E-state index in [9.17, 15) is 14.4 Å². The summed E-state index contributed by atoms with van der Waals surface area (Å²) in [6, 6.07) is 0. The number of hydrogen-bond acceptors (Lipinski definition) is 6. The molecule has 0 saturated carbocycles. The van der Waals surface area contributed by atoms with E-state index in [4.69, 9.17) is 14.2 Å². The van der Waals surface area contributed by atoms with Gasteiger partial charge in [0.15, 0.2) is 6.10 Å². The van der Waals surface area contributed by atoms with Gasteiger partial charge in [-0.2, -0.15) is 0 Å². The lowest BCUT2D eigenvalue weighted by molar-refractivity contribution is -0.167. The number of unbranched alkanes of at least 4 members (excludes halogenated alkanes) is 37. The zero-order valence-electron chi connectivity index (χ0n) is 43.1. The first kappa shape index (κ1) is 61.9. The third kappa shape index (κ3) is 50.9. The van der Waals surface area contributed by atoms with Crippen LogP contribution in [0.4, 0.5) is 0 Å². The fourth-order valence-corrected chi connectivity index (χ4v) is 8.37.